The standard InChI is InChI=1S/C10H25NO3Si2/c1-12-11-8-10(14-16(5,6)7)9-13-15(2,3)4/h8,10H,9H2,1-7H3/b11-8+/t10-/m0/s1. The Bertz CT molecular complexity index is 221. The molecule has 0 bridgehead atoms. The summed E-state index contributed by atoms with van der Waals surface area (Å²) in [5.74, 6) is 0. The van der Waals surface area contributed by atoms with Gasteiger partial charge in [-0.25, -0.2) is 0 Å². The molecule has 96 valence electrons. The molecule has 0 heterocycles. The van der Waals surface area contributed by atoms with Crippen LogP contribution in [0.3, 0.4) is 0 Å². The molecule has 0 aromatic carbocycles. The summed E-state index contributed by atoms with van der Waals surface area (Å²) in [6.45, 7) is 13.5. The maximum Gasteiger partial charge on any atom is 0.184 e. The van der Waals surface area contributed by atoms with Crippen molar-refractivity contribution in [3.05, 3.63) is 0 Å². The van der Waals surface area contributed by atoms with Crippen LogP contribution in [0.1, 0.15) is 0 Å². The summed E-state index contributed by atoms with van der Waals surface area (Å²) in [4.78, 5) is 4.68. The highest BCUT2D eigenvalue weighted by atomic mass is 28.4. The highest BCUT2D eigenvalue weighted by Crippen LogP contribution is 2.10. The molecule has 0 amide bonds. The molecule has 0 saturated carbocycles. The lowest BCUT2D eigenvalue weighted by atomic mass is 10.4. The summed E-state index contributed by atoms with van der Waals surface area (Å²) in [6.07, 6.45) is 1.58. The van der Waals surface area contributed by atoms with E-state index >= 15 is 0 Å². The van der Waals surface area contributed by atoms with Gasteiger partial charge in [0.05, 0.1) is 12.8 Å². The van der Waals surface area contributed by atoms with Crippen LogP contribution in [0.25, 0.3) is 0 Å². The van der Waals surface area contributed by atoms with Crippen molar-refractivity contribution in [3.63, 3.8) is 0 Å². The Morgan fingerprint density at radius 3 is 2.00 bits per heavy atom. The highest BCUT2D eigenvalue weighted by molar-refractivity contribution is 6.70. The Balaban J connectivity index is 4.27. The highest BCUT2D eigenvalue weighted by Gasteiger charge is 2.23. The molecule has 0 spiro atoms. The molecule has 0 rings (SSSR count). The van der Waals surface area contributed by atoms with E-state index in [4.69, 9.17) is 8.85 Å². The van der Waals surface area contributed by atoms with Gasteiger partial charge in [-0.2, -0.15) is 0 Å². The monoisotopic (exact) mass is 263 g/mol. The first-order chi connectivity index (χ1) is 7.14. The zero-order chi connectivity index (χ0) is 12.8. The van der Waals surface area contributed by atoms with Gasteiger partial charge in [-0.3, -0.25) is 0 Å². The molecular weight excluding hydrogens is 238 g/mol. The third-order valence-corrected chi connectivity index (χ3v) is 3.56. The van der Waals surface area contributed by atoms with Crippen LogP contribution in [0.4, 0.5) is 0 Å². The van der Waals surface area contributed by atoms with Gasteiger partial charge >= 0.3 is 0 Å². The van der Waals surface area contributed by atoms with Gasteiger partial charge in [-0.1, -0.05) is 5.16 Å². The molecule has 1 atom stereocenters. The molecule has 6 heteroatoms. The Morgan fingerprint density at radius 1 is 1.06 bits per heavy atom. The van der Waals surface area contributed by atoms with Gasteiger partial charge < -0.3 is 13.7 Å². The van der Waals surface area contributed by atoms with E-state index < -0.39 is 16.6 Å². The molecule has 0 N–H and O–H groups in total. The second kappa shape index (κ2) is 6.53. The van der Waals surface area contributed by atoms with Crippen LogP contribution in [-0.4, -0.2) is 42.7 Å². The average Bonchev–Trinajstić information content (AvgIpc) is 2.06. The van der Waals surface area contributed by atoms with E-state index in [1.165, 1.54) is 7.11 Å². The number of oxime groups is 1. The number of hydrogen-bond donors (Lipinski definition) is 0. The predicted octanol–water partition coefficient (Wildman–Crippen LogP) is 2.69. The minimum Gasteiger partial charge on any atom is -0.415 e. The van der Waals surface area contributed by atoms with Crippen LogP contribution < -0.4 is 0 Å². The third kappa shape index (κ3) is 10.3. The van der Waals surface area contributed by atoms with Crippen LogP contribution in [0.2, 0.25) is 39.3 Å². The van der Waals surface area contributed by atoms with Crippen molar-refractivity contribution in [1.82, 2.24) is 0 Å². The lowest BCUT2D eigenvalue weighted by molar-refractivity contribution is 0.161. The van der Waals surface area contributed by atoms with E-state index in [-0.39, 0.29) is 6.10 Å². The summed E-state index contributed by atoms with van der Waals surface area (Å²) in [5.41, 5.74) is 0. The van der Waals surface area contributed by atoms with Crippen molar-refractivity contribution < 1.29 is 13.7 Å². The van der Waals surface area contributed by atoms with E-state index in [0.717, 1.165) is 0 Å². The molecule has 0 radical (unpaired) electrons. The predicted molar refractivity (Wildman–Crippen MR) is 73.0 cm³/mol. The lowest BCUT2D eigenvalue weighted by Gasteiger charge is -2.26. The van der Waals surface area contributed by atoms with Crippen molar-refractivity contribution in [2.45, 2.75) is 45.4 Å². The molecule has 0 aromatic heterocycles. The van der Waals surface area contributed by atoms with Crippen molar-refractivity contribution in [2.24, 2.45) is 5.16 Å². The molecule has 0 aliphatic heterocycles. The lowest BCUT2D eigenvalue weighted by Crippen LogP contribution is -2.38. The van der Waals surface area contributed by atoms with E-state index in [1.54, 1.807) is 6.21 Å². The van der Waals surface area contributed by atoms with Crippen LogP contribution in [0.15, 0.2) is 5.16 Å². The molecule has 0 fully saturated rings. The summed E-state index contributed by atoms with van der Waals surface area (Å²) in [5, 5.41) is 3.76. The fraction of sp³-hybridized carbons (Fsp3) is 0.900. The van der Waals surface area contributed by atoms with Gasteiger partial charge in [0.2, 0.25) is 0 Å². The molecule has 0 unspecified atom stereocenters. The summed E-state index contributed by atoms with van der Waals surface area (Å²) in [7, 11) is -1.55. The summed E-state index contributed by atoms with van der Waals surface area (Å²) < 4.78 is 11.8. The van der Waals surface area contributed by atoms with Crippen LogP contribution in [0, 0.1) is 0 Å². The minimum atomic E-state index is -1.58. The Kier molecular flexibility index (Phi) is 6.46. The second-order valence-electron chi connectivity index (χ2n) is 5.63. The smallest absolute Gasteiger partial charge is 0.184 e. The molecule has 0 aliphatic rings. The minimum absolute atomic E-state index is 0.0988. The van der Waals surface area contributed by atoms with Crippen LogP contribution in [0.5, 0.6) is 0 Å². The van der Waals surface area contributed by atoms with Crippen molar-refractivity contribution >= 4 is 22.8 Å². The molecule has 4 nitrogen and oxygen atoms in total. The van der Waals surface area contributed by atoms with E-state index in [0.29, 0.717) is 6.61 Å². The first kappa shape index (κ1) is 15.8. The fourth-order valence-corrected chi connectivity index (χ4v) is 2.72. The topological polar surface area (TPSA) is 40.0 Å². The van der Waals surface area contributed by atoms with Gasteiger partial charge in [0, 0.05) is 0 Å². The second-order valence-corrected chi connectivity index (χ2v) is 14.6. The Hall–Kier alpha value is -0.176. The van der Waals surface area contributed by atoms with Crippen LogP contribution >= 0.6 is 0 Å². The first-order valence-electron chi connectivity index (χ1n) is 5.52. The van der Waals surface area contributed by atoms with Gasteiger partial charge in [0.15, 0.2) is 16.6 Å². The molecule has 0 saturated heterocycles. The molecule has 16 heavy (non-hydrogen) atoms. The fourth-order valence-electron chi connectivity index (χ4n) is 1.02. The zero-order valence-corrected chi connectivity index (χ0v) is 13.5. The number of hydrogen-bond acceptors (Lipinski definition) is 4. The zero-order valence-electron chi connectivity index (χ0n) is 11.5. The Labute approximate surface area is 101 Å². The molecule has 0 aromatic rings. The maximum atomic E-state index is 5.94. The third-order valence-electron chi connectivity index (χ3n) is 1.52. The Morgan fingerprint density at radius 2 is 1.62 bits per heavy atom. The molecule has 0 aliphatic carbocycles. The van der Waals surface area contributed by atoms with Gasteiger partial charge in [0.25, 0.3) is 0 Å². The number of nitrogens with zero attached hydrogens (tertiary/aromatic N) is 1. The average molecular weight is 263 g/mol. The quantitative estimate of drug-likeness (QED) is 0.403. The van der Waals surface area contributed by atoms with E-state index in [2.05, 4.69) is 49.3 Å². The summed E-state index contributed by atoms with van der Waals surface area (Å²) in [6, 6.07) is 0. The maximum absolute atomic E-state index is 5.94. The SMILES string of the molecule is CO/N=C/[C@@H](CO[Si](C)(C)C)O[Si](C)(C)C. The normalized spacial score (nSPS) is 15.4. The summed E-state index contributed by atoms with van der Waals surface area (Å²) >= 11 is 0. The largest absolute Gasteiger partial charge is 0.415 e. The molecular formula is C10H25NO3Si2. The van der Waals surface area contributed by atoms with Crippen molar-refractivity contribution in [2.75, 3.05) is 13.7 Å². The van der Waals surface area contributed by atoms with E-state index in [9.17, 15) is 0 Å². The van der Waals surface area contributed by atoms with Crippen molar-refractivity contribution in [3.8, 4) is 0 Å². The first-order valence-corrected chi connectivity index (χ1v) is 12.3. The van der Waals surface area contributed by atoms with Crippen LogP contribution in [-0.2, 0) is 13.7 Å². The van der Waals surface area contributed by atoms with Gasteiger partial charge in [-0.15, -0.1) is 0 Å². The number of rotatable bonds is 7. The van der Waals surface area contributed by atoms with Crippen molar-refractivity contribution in [1.29, 1.82) is 0 Å². The van der Waals surface area contributed by atoms with Gasteiger partial charge in [-0.05, 0) is 39.3 Å². The van der Waals surface area contributed by atoms with E-state index in [1.807, 2.05) is 0 Å². The van der Waals surface area contributed by atoms with Gasteiger partial charge in [0.1, 0.15) is 13.2 Å².